The Kier molecular flexibility index (Phi) is 9.47. The Hall–Kier alpha value is -0.290. The van der Waals surface area contributed by atoms with Crippen LogP contribution in [0.5, 0.6) is 0 Å². The lowest BCUT2D eigenvalue weighted by atomic mass is 9.81. The van der Waals surface area contributed by atoms with Crippen molar-refractivity contribution in [2.45, 2.75) is 59.6 Å². The van der Waals surface area contributed by atoms with Gasteiger partial charge in [-0.3, -0.25) is 0 Å². The zero-order valence-corrected chi connectivity index (χ0v) is 13.3. The highest BCUT2D eigenvalue weighted by molar-refractivity contribution is 4.77. The first kappa shape index (κ1) is 19.7. The topological polar surface area (TPSA) is 21.3 Å². The largest absolute Gasteiger partial charge is 0.411 e. The van der Waals surface area contributed by atoms with Crippen LogP contribution in [0.15, 0.2) is 0 Å². The van der Waals surface area contributed by atoms with Gasteiger partial charge in [0.2, 0.25) is 0 Å². The van der Waals surface area contributed by atoms with Gasteiger partial charge >= 0.3 is 6.18 Å². The second-order valence-electron chi connectivity index (χ2n) is 6.36. The zero-order valence-electron chi connectivity index (χ0n) is 13.3. The quantitative estimate of drug-likeness (QED) is 0.571. The van der Waals surface area contributed by atoms with E-state index in [2.05, 4.69) is 37.7 Å². The van der Waals surface area contributed by atoms with Crippen LogP contribution in [0.3, 0.4) is 0 Å². The molecule has 0 aliphatic carbocycles. The van der Waals surface area contributed by atoms with Crippen molar-refractivity contribution >= 4 is 0 Å². The van der Waals surface area contributed by atoms with Crippen molar-refractivity contribution in [1.82, 2.24) is 5.32 Å². The molecule has 5 heteroatoms. The Morgan fingerprint density at radius 2 is 1.80 bits per heavy atom. The van der Waals surface area contributed by atoms with E-state index >= 15 is 0 Å². The third-order valence-electron chi connectivity index (χ3n) is 3.29. The first-order valence-electron chi connectivity index (χ1n) is 7.54. The van der Waals surface area contributed by atoms with E-state index in [4.69, 9.17) is 0 Å². The number of alkyl halides is 3. The van der Waals surface area contributed by atoms with Crippen LogP contribution in [-0.4, -0.2) is 32.5 Å². The fourth-order valence-electron chi connectivity index (χ4n) is 2.36. The van der Waals surface area contributed by atoms with Gasteiger partial charge in [-0.15, -0.1) is 0 Å². The van der Waals surface area contributed by atoms with Gasteiger partial charge in [-0.1, -0.05) is 34.1 Å². The molecule has 0 saturated heterocycles. The molecular weight excluding hydrogens is 267 g/mol. The van der Waals surface area contributed by atoms with E-state index in [0.29, 0.717) is 12.3 Å². The van der Waals surface area contributed by atoms with Gasteiger partial charge in [0.1, 0.15) is 6.61 Å². The maximum Gasteiger partial charge on any atom is 0.411 e. The van der Waals surface area contributed by atoms with E-state index in [9.17, 15) is 13.2 Å². The molecule has 0 aromatic carbocycles. The summed E-state index contributed by atoms with van der Waals surface area (Å²) >= 11 is 0. The average molecular weight is 297 g/mol. The second-order valence-corrected chi connectivity index (χ2v) is 6.36. The molecule has 0 bridgehead atoms. The minimum absolute atomic E-state index is 0.144. The number of hydrogen-bond acceptors (Lipinski definition) is 2. The van der Waals surface area contributed by atoms with Gasteiger partial charge in [-0.2, -0.15) is 13.2 Å². The second kappa shape index (κ2) is 9.61. The molecule has 0 amide bonds. The number of hydrogen-bond donors (Lipinski definition) is 1. The van der Waals surface area contributed by atoms with Gasteiger partial charge in [0, 0.05) is 13.2 Å². The molecule has 0 fully saturated rings. The number of nitrogens with one attached hydrogen (secondary N) is 1. The Morgan fingerprint density at radius 1 is 1.15 bits per heavy atom. The van der Waals surface area contributed by atoms with E-state index in [1.165, 1.54) is 0 Å². The Bertz CT molecular complexity index is 244. The lowest BCUT2D eigenvalue weighted by molar-refractivity contribution is -0.174. The van der Waals surface area contributed by atoms with E-state index in [1.807, 2.05) is 0 Å². The van der Waals surface area contributed by atoms with Crippen LogP contribution in [0.4, 0.5) is 13.2 Å². The van der Waals surface area contributed by atoms with Crippen molar-refractivity contribution in [3.63, 3.8) is 0 Å². The summed E-state index contributed by atoms with van der Waals surface area (Å²) in [6, 6.07) is 0. The molecule has 0 aromatic rings. The predicted molar refractivity (Wildman–Crippen MR) is 76.8 cm³/mol. The van der Waals surface area contributed by atoms with Crippen LogP contribution in [0, 0.1) is 11.3 Å². The van der Waals surface area contributed by atoms with Gasteiger partial charge in [-0.25, -0.2) is 0 Å². The standard InChI is InChI=1S/C15H30F3NO/c1-5-7-14(4,11-19-10-13(2)3)8-6-9-20-12-15(16,17)18/h13,19H,5-12H2,1-4H3. The lowest BCUT2D eigenvalue weighted by Crippen LogP contribution is -2.34. The smallest absolute Gasteiger partial charge is 0.372 e. The minimum atomic E-state index is -4.22. The SMILES string of the molecule is CCCC(C)(CCCOCC(F)(F)F)CNCC(C)C. The monoisotopic (exact) mass is 297 g/mol. The first-order valence-corrected chi connectivity index (χ1v) is 7.54. The molecule has 0 aliphatic rings. The predicted octanol–water partition coefficient (Wildman–Crippen LogP) is 4.40. The fraction of sp³-hybridized carbons (Fsp3) is 1.00. The maximum absolute atomic E-state index is 11.9. The summed E-state index contributed by atoms with van der Waals surface area (Å²) in [7, 11) is 0. The van der Waals surface area contributed by atoms with E-state index in [-0.39, 0.29) is 12.0 Å². The molecule has 0 saturated carbocycles. The normalized spacial score (nSPS) is 15.6. The summed E-state index contributed by atoms with van der Waals surface area (Å²) in [6.45, 7) is 9.60. The zero-order chi connectivity index (χ0) is 15.6. The first-order chi connectivity index (χ1) is 9.18. The van der Waals surface area contributed by atoms with Gasteiger partial charge in [0.25, 0.3) is 0 Å². The van der Waals surface area contributed by atoms with Crippen molar-refractivity contribution in [3.8, 4) is 0 Å². The van der Waals surface area contributed by atoms with Crippen LogP contribution in [0.1, 0.15) is 53.4 Å². The molecule has 0 heterocycles. The van der Waals surface area contributed by atoms with Crippen molar-refractivity contribution < 1.29 is 17.9 Å². The van der Waals surface area contributed by atoms with Gasteiger partial charge in [0.05, 0.1) is 0 Å². The van der Waals surface area contributed by atoms with E-state index in [0.717, 1.165) is 32.4 Å². The molecule has 20 heavy (non-hydrogen) atoms. The third-order valence-corrected chi connectivity index (χ3v) is 3.29. The summed E-state index contributed by atoms with van der Waals surface area (Å²) in [5.74, 6) is 0.607. The van der Waals surface area contributed by atoms with E-state index in [1.54, 1.807) is 0 Å². The van der Waals surface area contributed by atoms with Crippen LogP contribution >= 0.6 is 0 Å². The van der Waals surface area contributed by atoms with Crippen molar-refractivity contribution in [3.05, 3.63) is 0 Å². The Morgan fingerprint density at radius 3 is 2.30 bits per heavy atom. The van der Waals surface area contributed by atoms with Gasteiger partial charge in [0.15, 0.2) is 0 Å². The molecule has 0 radical (unpaired) electrons. The molecule has 2 nitrogen and oxygen atoms in total. The highest BCUT2D eigenvalue weighted by Crippen LogP contribution is 2.28. The highest BCUT2D eigenvalue weighted by Gasteiger charge is 2.27. The number of halogens is 3. The Balaban J connectivity index is 3.93. The molecule has 1 unspecified atom stereocenters. The number of rotatable bonds is 11. The summed E-state index contributed by atoms with van der Waals surface area (Å²) in [6.07, 6.45) is -0.480. The molecule has 122 valence electrons. The molecule has 1 atom stereocenters. The van der Waals surface area contributed by atoms with Crippen molar-refractivity contribution in [1.29, 1.82) is 0 Å². The maximum atomic E-state index is 11.9. The van der Waals surface area contributed by atoms with Crippen LogP contribution in [-0.2, 0) is 4.74 Å². The highest BCUT2D eigenvalue weighted by atomic mass is 19.4. The Labute approximate surface area is 121 Å². The molecular formula is C15H30F3NO. The average Bonchev–Trinajstić information content (AvgIpc) is 2.26. The third kappa shape index (κ3) is 11.5. The molecule has 0 rings (SSSR count). The van der Waals surface area contributed by atoms with Gasteiger partial charge < -0.3 is 10.1 Å². The van der Waals surface area contributed by atoms with Crippen molar-refractivity contribution in [2.75, 3.05) is 26.3 Å². The molecule has 0 aromatic heterocycles. The fourth-order valence-corrected chi connectivity index (χ4v) is 2.36. The number of ether oxygens (including phenoxy) is 1. The summed E-state index contributed by atoms with van der Waals surface area (Å²) < 4.78 is 40.5. The van der Waals surface area contributed by atoms with Crippen LogP contribution in [0.2, 0.25) is 0 Å². The summed E-state index contributed by atoms with van der Waals surface area (Å²) in [4.78, 5) is 0. The summed E-state index contributed by atoms with van der Waals surface area (Å²) in [5.41, 5.74) is 0.144. The van der Waals surface area contributed by atoms with Crippen molar-refractivity contribution in [2.24, 2.45) is 11.3 Å². The van der Waals surface area contributed by atoms with Crippen LogP contribution in [0.25, 0.3) is 0 Å². The summed E-state index contributed by atoms with van der Waals surface area (Å²) in [5, 5.41) is 3.45. The van der Waals surface area contributed by atoms with Crippen LogP contribution < -0.4 is 5.32 Å². The molecule has 0 spiro atoms. The minimum Gasteiger partial charge on any atom is -0.372 e. The molecule has 0 aliphatic heterocycles. The lowest BCUT2D eigenvalue weighted by Gasteiger charge is -2.30. The van der Waals surface area contributed by atoms with Gasteiger partial charge in [-0.05, 0) is 37.1 Å². The molecule has 1 N–H and O–H groups in total. The van der Waals surface area contributed by atoms with E-state index < -0.39 is 12.8 Å².